The maximum absolute atomic E-state index is 11.5. The fourth-order valence-corrected chi connectivity index (χ4v) is 3.46. The van der Waals surface area contributed by atoms with Crippen molar-refractivity contribution in [3.05, 3.63) is 40.6 Å². The number of carboxylic acid groups (broad SMARTS) is 1. The highest BCUT2D eigenvalue weighted by Gasteiger charge is 2.33. The molecular formula is C16H17BrN2O2. The number of hydrogen-bond acceptors (Lipinski definition) is 2. The van der Waals surface area contributed by atoms with E-state index in [0.29, 0.717) is 6.42 Å². The van der Waals surface area contributed by atoms with Gasteiger partial charge in [-0.05, 0) is 38.0 Å². The highest BCUT2D eigenvalue weighted by Crippen LogP contribution is 2.36. The maximum atomic E-state index is 11.5. The van der Waals surface area contributed by atoms with Crippen molar-refractivity contribution < 1.29 is 9.90 Å². The van der Waals surface area contributed by atoms with Gasteiger partial charge in [0.1, 0.15) is 5.82 Å². The Morgan fingerprint density at radius 3 is 2.90 bits per heavy atom. The molecule has 0 unspecified atom stereocenters. The van der Waals surface area contributed by atoms with Crippen molar-refractivity contribution in [2.75, 3.05) is 0 Å². The van der Waals surface area contributed by atoms with E-state index in [1.807, 2.05) is 24.3 Å². The zero-order chi connectivity index (χ0) is 15.0. The number of carboxylic acids is 1. The Balaban J connectivity index is 2.14. The molecule has 1 aromatic carbocycles. The fourth-order valence-electron chi connectivity index (χ4n) is 3.11. The summed E-state index contributed by atoms with van der Waals surface area (Å²) in [5.41, 5.74) is 1.98. The second kappa shape index (κ2) is 5.64. The molecule has 0 radical (unpaired) electrons. The molecule has 5 heteroatoms. The molecule has 2 aromatic rings. The average molecular weight is 349 g/mol. The first-order valence-electron chi connectivity index (χ1n) is 7.15. The zero-order valence-electron chi connectivity index (χ0n) is 11.8. The van der Waals surface area contributed by atoms with Crippen LogP contribution in [0, 0.1) is 5.92 Å². The van der Waals surface area contributed by atoms with Crippen LogP contribution in [0.15, 0.2) is 34.8 Å². The number of carbonyl (C=O) groups is 1. The largest absolute Gasteiger partial charge is 0.481 e. The summed E-state index contributed by atoms with van der Waals surface area (Å²) in [7, 11) is 0. The Morgan fingerprint density at radius 1 is 1.43 bits per heavy atom. The van der Waals surface area contributed by atoms with Gasteiger partial charge in [-0.3, -0.25) is 4.79 Å². The lowest BCUT2D eigenvalue weighted by molar-refractivity contribution is -0.142. The number of rotatable bonds is 3. The minimum absolute atomic E-state index is 0.0568. The number of aryl methyl sites for hydroxylation is 1. The Hall–Kier alpha value is -1.62. The van der Waals surface area contributed by atoms with Gasteiger partial charge in [0.15, 0.2) is 0 Å². The molecule has 3 rings (SSSR count). The van der Waals surface area contributed by atoms with E-state index in [0.717, 1.165) is 34.3 Å². The summed E-state index contributed by atoms with van der Waals surface area (Å²) in [5, 5.41) is 9.47. The third-order valence-electron chi connectivity index (χ3n) is 4.14. The van der Waals surface area contributed by atoms with E-state index in [9.17, 15) is 9.90 Å². The molecule has 21 heavy (non-hydrogen) atoms. The topological polar surface area (TPSA) is 55.1 Å². The van der Waals surface area contributed by atoms with E-state index in [2.05, 4.69) is 33.5 Å². The van der Waals surface area contributed by atoms with E-state index in [4.69, 9.17) is 4.98 Å². The fraction of sp³-hybridized carbons (Fsp3) is 0.375. The molecule has 1 aromatic heterocycles. The van der Waals surface area contributed by atoms with Crippen molar-refractivity contribution in [3.8, 4) is 0 Å². The average Bonchev–Trinajstić information content (AvgIpc) is 2.84. The zero-order valence-corrected chi connectivity index (χ0v) is 13.4. The normalized spacial score (nSPS) is 21.8. The van der Waals surface area contributed by atoms with Gasteiger partial charge in [-0.2, -0.15) is 0 Å². The van der Waals surface area contributed by atoms with E-state index in [1.165, 1.54) is 0 Å². The van der Waals surface area contributed by atoms with Gasteiger partial charge in [0.25, 0.3) is 0 Å². The van der Waals surface area contributed by atoms with Crippen LogP contribution in [-0.2, 0) is 11.3 Å². The number of halogens is 1. The van der Waals surface area contributed by atoms with Gasteiger partial charge in [0.05, 0.1) is 17.0 Å². The molecule has 1 N–H and O–H groups in total. The van der Waals surface area contributed by atoms with Crippen molar-refractivity contribution in [3.63, 3.8) is 0 Å². The summed E-state index contributed by atoms with van der Waals surface area (Å²) in [6.45, 7) is 2.86. The second-order valence-electron chi connectivity index (χ2n) is 5.34. The number of hydrogen-bond donors (Lipinski definition) is 1. The van der Waals surface area contributed by atoms with Gasteiger partial charge in [0, 0.05) is 16.9 Å². The first-order valence-corrected chi connectivity index (χ1v) is 7.94. The molecule has 0 spiro atoms. The molecule has 1 aliphatic carbocycles. The Kier molecular flexibility index (Phi) is 3.85. The lowest BCUT2D eigenvalue weighted by atomic mass is 9.82. The smallest absolute Gasteiger partial charge is 0.307 e. The maximum Gasteiger partial charge on any atom is 0.307 e. The van der Waals surface area contributed by atoms with Crippen molar-refractivity contribution in [2.45, 2.75) is 32.2 Å². The lowest BCUT2D eigenvalue weighted by Gasteiger charge is -2.25. The predicted octanol–water partition coefficient (Wildman–Crippen LogP) is 3.95. The highest BCUT2D eigenvalue weighted by atomic mass is 79.9. The lowest BCUT2D eigenvalue weighted by Crippen LogP contribution is -2.25. The van der Waals surface area contributed by atoms with Crippen molar-refractivity contribution in [2.24, 2.45) is 5.92 Å². The Morgan fingerprint density at radius 2 is 2.19 bits per heavy atom. The van der Waals surface area contributed by atoms with Gasteiger partial charge in [-0.15, -0.1) is 0 Å². The van der Waals surface area contributed by atoms with Crippen LogP contribution in [-0.4, -0.2) is 20.6 Å². The molecule has 0 bridgehead atoms. The van der Waals surface area contributed by atoms with Crippen molar-refractivity contribution in [1.29, 1.82) is 0 Å². The number of imidazole rings is 1. The summed E-state index contributed by atoms with van der Waals surface area (Å²) in [5.74, 6) is -0.290. The number of benzene rings is 1. The van der Waals surface area contributed by atoms with Gasteiger partial charge in [0.2, 0.25) is 0 Å². The summed E-state index contributed by atoms with van der Waals surface area (Å²) in [4.78, 5) is 16.3. The number of allylic oxidation sites excluding steroid dienone is 2. The van der Waals surface area contributed by atoms with E-state index < -0.39 is 5.97 Å². The molecular weight excluding hydrogens is 332 g/mol. The first-order chi connectivity index (χ1) is 10.1. The summed E-state index contributed by atoms with van der Waals surface area (Å²) >= 11 is 3.46. The second-order valence-corrected chi connectivity index (χ2v) is 6.26. The van der Waals surface area contributed by atoms with Gasteiger partial charge < -0.3 is 9.67 Å². The number of nitrogens with zero attached hydrogens (tertiary/aromatic N) is 2. The SMILES string of the molecule is CCn1c([C@@H]2CC=CC[C@@H]2C(=O)O)nc2cc(Br)ccc21. The van der Waals surface area contributed by atoms with E-state index in [1.54, 1.807) is 0 Å². The van der Waals surface area contributed by atoms with E-state index >= 15 is 0 Å². The number of aliphatic carboxylic acids is 1. The van der Waals surface area contributed by atoms with E-state index in [-0.39, 0.29) is 11.8 Å². The number of aromatic nitrogens is 2. The quantitative estimate of drug-likeness (QED) is 0.854. The molecule has 0 amide bonds. The molecule has 1 aliphatic rings. The minimum Gasteiger partial charge on any atom is -0.481 e. The van der Waals surface area contributed by atoms with Crippen molar-refractivity contribution in [1.82, 2.24) is 9.55 Å². The molecule has 110 valence electrons. The molecule has 0 saturated heterocycles. The van der Waals surface area contributed by atoms with Crippen LogP contribution < -0.4 is 0 Å². The highest BCUT2D eigenvalue weighted by molar-refractivity contribution is 9.10. The summed E-state index contributed by atoms with van der Waals surface area (Å²) in [6, 6.07) is 6.02. The predicted molar refractivity (Wildman–Crippen MR) is 85.3 cm³/mol. The Labute approximate surface area is 131 Å². The minimum atomic E-state index is -0.736. The van der Waals surface area contributed by atoms with Crippen LogP contribution in [0.3, 0.4) is 0 Å². The summed E-state index contributed by atoms with van der Waals surface area (Å²) in [6.07, 6.45) is 5.35. The van der Waals surface area contributed by atoms with Crippen LogP contribution in [0.2, 0.25) is 0 Å². The monoisotopic (exact) mass is 348 g/mol. The molecule has 1 heterocycles. The third kappa shape index (κ3) is 2.50. The van der Waals surface area contributed by atoms with Crippen LogP contribution in [0.5, 0.6) is 0 Å². The Bertz CT molecular complexity index is 720. The third-order valence-corrected chi connectivity index (χ3v) is 4.63. The molecule has 0 saturated carbocycles. The van der Waals surface area contributed by atoms with Gasteiger partial charge >= 0.3 is 5.97 Å². The molecule has 4 nitrogen and oxygen atoms in total. The van der Waals surface area contributed by atoms with Gasteiger partial charge in [-0.25, -0.2) is 4.98 Å². The summed E-state index contributed by atoms with van der Waals surface area (Å²) < 4.78 is 3.13. The van der Waals surface area contributed by atoms with Gasteiger partial charge in [-0.1, -0.05) is 28.1 Å². The van der Waals surface area contributed by atoms with Crippen LogP contribution in [0.25, 0.3) is 11.0 Å². The van der Waals surface area contributed by atoms with Crippen LogP contribution >= 0.6 is 15.9 Å². The molecule has 0 fully saturated rings. The standard InChI is InChI=1S/C16H17BrN2O2/c1-2-19-14-8-7-10(17)9-13(14)18-15(19)11-5-3-4-6-12(11)16(20)21/h3-4,7-9,11-12H,2,5-6H2,1H3,(H,20,21)/t11-,12+/m1/s1. The van der Waals surface area contributed by atoms with Crippen molar-refractivity contribution >= 4 is 32.9 Å². The first kappa shape index (κ1) is 14.3. The number of fused-ring (bicyclic) bond motifs is 1. The van der Waals surface area contributed by atoms with Crippen LogP contribution in [0.1, 0.15) is 31.5 Å². The van der Waals surface area contributed by atoms with Crippen LogP contribution in [0.4, 0.5) is 0 Å². The molecule has 2 atom stereocenters. The molecule has 0 aliphatic heterocycles.